The van der Waals surface area contributed by atoms with Crippen molar-refractivity contribution in [2.75, 3.05) is 13.6 Å². The zero-order valence-electron chi connectivity index (χ0n) is 11.2. The number of fused-ring (bicyclic) bond motifs is 1. The van der Waals surface area contributed by atoms with Gasteiger partial charge in [0.2, 0.25) is 0 Å². The van der Waals surface area contributed by atoms with Gasteiger partial charge in [0.15, 0.2) is 0 Å². The second-order valence-corrected chi connectivity index (χ2v) is 6.26. The number of thiazole rings is 1. The minimum atomic E-state index is 0.608. The summed E-state index contributed by atoms with van der Waals surface area (Å²) in [5.41, 5.74) is 2.65. The molecule has 1 aliphatic carbocycles. The van der Waals surface area contributed by atoms with Crippen molar-refractivity contribution in [1.29, 1.82) is 0 Å². The largest absolute Gasteiger partial charge is 0.319 e. The molecule has 0 fully saturated rings. The summed E-state index contributed by atoms with van der Waals surface area (Å²) in [6.07, 6.45) is 8.43. The second kappa shape index (κ2) is 5.80. The summed E-state index contributed by atoms with van der Waals surface area (Å²) in [4.78, 5) is 10.5. The van der Waals surface area contributed by atoms with Gasteiger partial charge in [-0.15, -0.1) is 11.3 Å². The quantitative estimate of drug-likeness (QED) is 0.931. The highest BCUT2D eigenvalue weighted by molar-refractivity contribution is 7.11. The molecule has 0 saturated carbocycles. The number of pyridine rings is 1. The molecule has 0 bridgehead atoms. The van der Waals surface area contributed by atoms with Gasteiger partial charge in [-0.3, -0.25) is 4.98 Å². The van der Waals surface area contributed by atoms with Gasteiger partial charge < -0.3 is 5.32 Å². The zero-order chi connectivity index (χ0) is 13.1. The first kappa shape index (κ1) is 12.8. The van der Waals surface area contributed by atoms with Gasteiger partial charge in [0.1, 0.15) is 0 Å². The van der Waals surface area contributed by atoms with Crippen LogP contribution < -0.4 is 5.32 Å². The van der Waals surface area contributed by atoms with Crippen molar-refractivity contribution >= 4 is 11.3 Å². The number of nitrogens with one attached hydrogen (secondary N) is 1. The molecule has 0 aliphatic heterocycles. The van der Waals surface area contributed by atoms with E-state index in [2.05, 4.69) is 22.4 Å². The van der Waals surface area contributed by atoms with E-state index in [-0.39, 0.29) is 0 Å². The predicted octanol–water partition coefficient (Wildman–Crippen LogP) is 2.77. The summed E-state index contributed by atoms with van der Waals surface area (Å²) in [5.74, 6) is 0.608. The molecule has 1 atom stereocenters. The summed E-state index contributed by atoms with van der Waals surface area (Å²) < 4.78 is 0. The van der Waals surface area contributed by atoms with Crippen LogP contribution in [0.5, 0.6) is 0 Å². The van der Waals surface area contributed by atoms with Crippen molar-refractivity contribution in [1.82, 2.24) is 15.3 Å². The molecule has 0 saturated heterocycles. The standard InChI is InChI=1S/C15H19N3S/c1-16-10-12-3-2-4-13-15(12)18-14(19-13)9-11-5-7-17-8-6-11/h5-8,12,16H,2-4,9-10H2,1H3. The van der Waals surface area contributed by atoms with Crippen LogP contribution in [0.25, 0.3) is 0 Å². The molecule has 1 N–H and O–H groups in total. The molecule has 3 rings (SSSR count). The highest BCUT2D eigenvalue weighted by Gasteiger charge is 2.24. The van der Waals surface area contributed by atoms with Crippen LogP contribution in [0.3, 0.4) is 0 Å². The van der Waals surface area contributed by atoms with Crippen LogP contribution in [0, 0.1) is 0 Å². The van der Waals surface area contributed by atoms with Crippen molar-refractivity contribution in [3.05, 3.63) is 45.7 Å². The van der Waals surface area contributed by atoms with Gasteiger partial charge in [0, 0.05) is 36.2 Å². The van der Waals surface area contributed by atoms with Crippen LogP contribution in [-0.4, -0.2) is 23.6 Å². The summed E-state index contributed by atoms with van der Waals surface area (Å²) >= 11 is 1.90. The van der Waals surface area contributed by atoms with E-state index in [9.17, 15) is 0 Å². The Morgan fingerprint density at radius 2 is 2.21 bits per heavy atom. The summed E-state index contributed by atoms with van der Waals surface area (Å²) in [6.45, 7) is 1.05. The Balaban J connectivity index is 1.81. The van der Waals surface area contributed by atoms with Gasteiger partial charge in [-0.2, -0.15) is 0 Å². The van der Waals surface area contributed by atoms with E-state index in [1.165, 1.54) is 40.4 Å². The number of likely N-dealkylation sites (N-methyl/N-ethyl adjacent to an activating group) is 1. The minimum absolute atomic E-state index is 0.608. The van der Waals surface area contributed by atoms with E-state index in [4.69, 9.17) is 4.98 Å². The maximum atomic E-state index is 4.90. The van der Waals surface area contributed by atoms with Crippen LogP contribution in [-0.2, 0) is 12.8 Å². The molecule has 0 amide bonds. The average molecular weight is 273 g/mol. The molecule has 1 unspecified atom stereocenters. The Labute approximate surface area is 118 Å². The Bertz CT molecular complexity index is 536. The van der Waals surface area contributed by atoms with Crippen molar-refractivity contribution in [2.24, 2.45) is 0 Å². The molecule has 3 nitrogen and oxygen atoms in total. The molecule has 4 heteroatoms. The molecule has 2 aromatic heterocycles. The van der Waals surface area contributed by atoms with E-state index in [0.717, 1.165) is 13.0 Å². The van der Waals surface area contributed by atoms with Crippen molar-refractivity contribution in [3.8, 4) is 0 Å². The second-order valence-electron chi connectivity index (χ2n) is 5.10. The molecular formula is C15H19N3S. The first-order valence-electron chi connectivity index (χ1n) is 6.89. The monoisotopic (exact) mass is 273 g/mol. The number of aryl methyl sites for hydroxylation is 1. The minimum Gasteiger partial charge on any atom is -0.319 e. The number of hydrogen-bond donors (Lipinski definition) is 1. The van der Waals surface area contributed by atoms with Crippen molar-refractivity contribution in [3.63, 3.8) is 0 Å². The van der Waals surface area contributed by atoms with Crippen LogP contribution in [0.4, 0.5) is 0 Å². The van der Waals surface area contributed by atoms with Crippen LogP contribution in [0.15, 0.2) is 24.5 Å². The first-order chi connectivity index (χ1) is 9.36. The van der Waals surface area contributed by atoms with Crippen LogP contribution in [0.2, 0.25) is 0 Å². The average Bonchev–Trinajstić information content (AvgIpc) is 2.84. The van der Waals surface area contributed by atoms with Crippen molar-refractivity contribution < 1.29 is 0 Å². The van der Waals surface area contributed by atoms with Gasteiger partial charge in [-0.25, -0.2) is 4.98 Å². The molecular weight excluding hydrogens is 254 g/mol. The maximum absolute atomic E-state index is 4.90. The topological polar surface area (TPSA) is 37.8 Å². The zero-order valence-corrected chi connectivity index (χ0v) is 12.0. The highest BCUT2D eigenvalue weighted by Crippen LogP contribution is 2.34. The van der Waals surface area contributed by atoms with Crippen LogP contribution in [0.1, 0.15) is 39.9 Å². The normalized spacial score (nSPS) is 18.3. The molecule has 2 aromatic rings. The fourth-order valence-electron chi connectivity index (χ4n) is 2.75. The van der Waals surface area contributed by atoms with Crippen molar-refractivity contribution in [2.45, 2.75) is 31.6 Å². The fraction of sp³-hybridized carbons (Fsp3) is 0.467. The smallest absolute Gasteiger partial charge is 0.0975 e. The van der Waals surface area contributed by atoms with E-state index in [1.54, 1.807) is 0 Å². The summed E-state index contributed by atoms with van der Waals surface area (Å²) in [5, 5.41) is 4.54. The number of nitrogens with zero attached hydrogens (tertiary/aromatic N) is 2. The van der Waals surface area contributed by atoms with Crippen LogP contribution >= 0.6 is 11.3 Å². The molecule has 1 aliphatic rings. The maximum Gasteiger partial charge on any atom is 0.0975 e. The predicted molar refractivity (Wildman–Crippen MR) is 78.8 cm³/mol. The Morgan fingerprint density at radius 1 is 1.37 bits per heavy atom. The lowest BCUT2D eigenvalue weighted by atomic mass is 9.91. The molecule has 0 radical (unpaired) electrons. The molecule has 2 heterocycles. The first-order valence-corrected chi connectivity index (χ1v) is 7.70. The summed E-state index contributed by atoms with van der Waals surface area (Å²) in [6, 6.07) is 4.15. The lowest BCUT2D eigenvalue weighted by molar-refractivity contribution is 0.522. The van der Waals surface area contributed by atoms with E-state index in [1.807, 2.05) is 30.8 Å². The van der Waals surface area contributed by atoms with E-state index < -0.39 is 0 Å². The molecule has 0 aromatic carbocycles. The number of rotatable bonds is 4. The molecule has 19 heavy (non-hydrogen) atoms. The van der Waals surface area contributed by atoms with E-state index in [0.29, 0.717) is 5.92 Å². The van der Waals surface area contributed by atoms with Gasteiger partial charge in [-0.05, 0) is 44.0 Å². The lowest BCUT2D eigenvalue weighted by Gasteiger charge is -2.20. The van der Waals surface area contributed by atoms with Gasteiger partial charge in [0.25, 0.3) is 0 Å². The van der Waals surface area contributed by atoms with Gasteiger partial charge in [-0.1, -0.05) is 0 Å². The third-order valence-corrected chi connectivity index (χ3v) is 4.80. The van der Waals surface area contributed by atoms with Gasteiger partial charge >= 0.3 is 0 Å². The lowest BCUT2D eigenvalue weighted by Crippen LogP contribution is -2.21. The summed E-state index contributed by atoms with van der Waals surface area (Å²) in [7, 11) is 2.03. The third-order valence-electron chi connectivity index (χ3n) is 3.67. The fourth-order valence-corrected chi connectivity index (χ4v) is 3.98. The number of hydrogen-bond acceptors (Lipinski definition) is 4. The molecule has 100 valence electrons. The third kappa shape index (κ3) is 2.85. The molecule has 0 spiro atoms. The Kier molecular flexibility index (Phi) is 3.89. The Hall–Kier alpha value is -1.26. The SMILES string of the molecule is CNCC1CCCc2sc(Cc3ccncc3)nc21. The van der Waals surface area contributed by atoms with E-state index >= 15 is 0 Å². The Morgan fingerprint density at radius 3 is 3.00 bits per heavy atom. The van der Waals surface area contributed by atoms with Gasteiger partial charge in [0.05, 0.1) is 10.7 Å². The highest BCUT2D eigenvalue weighted by atomic mass is 32.1. The number of aromatic nitrogens is 2.